The van der Waals surface area contributed by atoms with E-state index in [4.69, 9.17) is 0 Å². The summed E-state index contributed by atoms with van der Waals surface area (Å²) >= 11 is 0. The van der Waals surface area contributed by atoms with Gasteiger partial charge in [-0.3, -0.25) is 4.79 Å². The molecule has 100 valence electrons. The molecule has 0 heterocycles. The second kappa shape index (κ2) is 6.66. The standard InChI is InChI=1S/C15H24N2O/c1-11-6-7-14(10-12(11)2)15(18)13(3)16-8-9-17(4)5/h6-7,10,13,16H,8-9H2,1-5H3. The minimum absolute atomic E-state index is 0.132. The highest BCUT2D eigenvalue weighted by Crippen LogP contribution is 2.11. The largest absolute Gasteiger partial charge is 0.308 e. The number of nitrogens with zero attached hydrogens (tertiary/aromatic N) is 1. The molecule has 0 aliphatic carbocycles. The van der Waals surface area contributed by atoms with Crippen LogP contribution in [-0.4, -0.2) is 43.9 Å². The van der Waals surface area contributed by atoms with Gasteiger partial charge in [-0.25, -0.2) is 0 Å². The molecule has 0 aromatic heterocycles. The van der Waals surface area contributed by atoms with Crippen molar-refractivity contribution in [1.29, 1.82) is 0 Å². The van der Waals surface area contributed by atoms with Crippen LogP contribution >= 0.6 is 0 Å². The first kappa shape index (κ1) is 14.9. The molecule has 1 aromatic carbocycles. The van der Waals surface area contributed by atoms with E-state index in [9.17, 15) is 4.79 Å². The normalized spacial score (nSPS) is 12.8. The maximum atomic E-state index is 12.2. The van der Waals surface area contributed by atoms with Gasteiger partial charge in [-0.2, -0.15) is 0 Å². The summed E-state index contributed by atoms with van der Waals surface area (Å²) in [7, 11) is 4.05. The van der Waals surface area contributed by atoms with Crippen LogP contribution in [0.4, 0.5) is 0 Å². The molecule has 18 heavy (non-hydrogen) atoms. The van der Waals surface area contributed by atoms with Gasteiger partial charge in [0.2, 0.25) is 0 Å². The Balaban J connectivity index is 2.60. The first-order valence-corrected chi connectivity index (χ1v) is 6.41. The van der Waals surface area contributed by atoms with Crippen molar-refractivity contribution in [2.75, 3.05) is 27.2 Å². The van der Waals surface area contributed by atoms with Crippen LogP contribution in [0.15, 0.2) is 18.2 Å². The molecule has 0 fully saturated rings. The lowest BCUT2D eigenvalue weighted by molar-refractivity contribution is 0.0950. The van der Waals surface area contributed by atoms with Crippen molar-refractivity contribution in [2.45, 2.75) is 26.8 Å². The van der Waals surface area contributed by atoms with Crippen molar-refractivity contribution in [3.05, 3.63) is 34.9 Å². The van der Waals surface area contributed by atoms with Crippen molar-refractivity contribution >= 4 is 5.78 Å². The Kier molecular flexibility index (Phi) is 5.51. The summed E-state index contributed by atoms with van der Waals surface area (Å²) in [6.45, 7) is 7.78. The highest BCUT2D eigenvalue weighted by atomic mass is 16.1. The summed E-state index contributed by atoms with van der Waals surface area (Å²) < 4.78 is 0. The summed E-state index contributed by atoms with van der Waals surface area (Å²) in [5.41, 5.74) is 3.18. The van der Waals surface area contributed by atoms with Gasteiger partial charge in [0, 0.05) is 18.7 Å². The smallest absolute Gasteiger partial charge is 0.179 e. The molecule has 0 amide bonds. The topological polar surface area (TPSA) is 32.3 Å². The Morgan fingerprint density at radius 3 is 2.50 bits per heavy atom. The fourth-order valence-electron chi connectivity index (χ4n) is 1.74. The fraction of sp³-hybridized carbons (Fsp3) is 0.533. The molecule has 1 N–H and O–H groups in total. The fourth-order valence-corrected chi connectivity index (χ4v) is 1.74. The zero-order valence-electron chi connectivity index (χ0n) is 12.1. The van der Waals surface area contributed by atoms with E-state index in [-0.39, 0.29) is 11.8 Å². The van der Waals surface area contributed by atoms with Gasteiger partial charge in [-0.1, -0.05) is 12.1 Å². The van der Waals surface area contributed by atoms with Gasteiger partial charge >= 0.3 is 0 Å². The second-order valence-corrected chi connectivity index (χ2v) is 5.14. The predicted octanol–water partition coefficient (Wildman–Crippen LogP) is 2.03. The van der Waals surface area contributed by atoms with Crippen molar-refractivity contribution in [2.24, 2.45) is 0 Å². The Labute approximate surface area is 110 Å². The number of hydrogen-bond acceptors (Lipinski definition) is 3. The molecule has 0 aliphatic rings. The maximum absolute atomic E-state index is 12.2. The highest BCUT2D eigenvalue weighted by molar-refractivity contribution is 6.00. The average molecular weight is 248 g/mol. The molecule has 0 saturated heterocycles. The summed E-state index contributed by atoms with van der Waals surface area (Å²) in [6.07, 6.45) is 0. The van der Waals surface area contributed by atoms with Gasteiger partial charge in [-0.05, 0) is 52.1 Å². The molecule has 3 nitrogen and oxygen atoms in total. The molecular weight excluding hydrogens is 224 g/mol. The van der Waals surface area contributed by atoms with Gasteiger partial charge in [0.05, 0.1) is 6.04 Å². The lowest BCUT2D eigenvalue weighted by Gasteiger charge is -2.15. The van der Waals surface area contributed by atoms with Gasteiger partial charge in [0.1, 0.15) is 0 Å². The van der Waals surface area contributed by atoms with Crippen LogP contribution in [0, 0.1) is 13.8 Å². The van der Waals surface area contributed by atoms with E-state index in [1.54, 1.807) is 0 Å². The molecule has 3 heteroatoms. The molecule has 0 aliphatic heterocycles. The number of likely N-dealkylation sites (N-methyl/N-ethyl adjacent to an activating group) is 1. The van der Waals surface area contributed by atoms with Crippen molar-refractivity contribution in [3.63, 3.8) is 0 Å². The molecule has 0 spiro atoms. The van der Waals surface area contributed by atoms with Crippen LogP contribution in [0.1, 0.15) is 28.4 Å². The van der Waals surface area contributed by atoms with E-state index in [1.165, 1.54) is 11.1 Å². The third-order valence-electron chi connectivity index (χ3n) is 3.19. The van der Waals surface area contributed by atoms with Crippen LogP contribution in [0.3, 0.4) is 0 Å². The molecule has 0 radical (unpaired) electrons. The third-order valence-corrected chi connectivity index (χ3v) is 3.19. The monoisotopic (exact) mass is 248 g/mol. The van der Waals surface area contributed by atoms with Crippen LogP contribution < -0.4 is 5.32 Å². The summed E-state index contributed by atoms with van der Waals surface area (Å²) in [5, 5.41) is 3.26. The molecule has 1 atom stereocenters. The summed E-state index contributed by atoms with van der Waals surface area (Å²) in [5.74, 6) is 0.164. The first-order valence-electron chi connectivity index (χ1n) is 6.41. The van der Waals surface area contributed by atoms with E-state index in [0.717, 1.165) is 18.7 Å². The quantitative estimate of drug-likeness (QED) is 0.782. The highest BCUT2D eigenvalue weighted by Gasteiger charge is 2.14. The van der Waals surface area contributed by atoms with Gasteiger partial charge in [0.15, 0.2) is 5.78 Å². The predicted molar refractivity (Wildman–Crippen MR) is 76.3 cm³/mol. The van der Waals surface area contributed by atoms with Crippen LogP contribution in [-0.2, 0) is 0 Å². The van der Waals surface area contributed by atoms with Crippen molar-refractivity contribution in [1.82, 2.24) is 10.2 Å². The van der Waals surface area contributed by atoms with Crippen molar-refractivity contribution in [3.8, 4) is 0 Å². The Morgan fingerprint density at radius 1 is 1.28 bits per heavy atom. The van der Waals surface area contributed by atoms with Gasteiger partial charge in [-0.15, -0.1) is 0 Å². The number of hydrogen-bond donors (Lipinski definition) is 1. The molecular formula is C15H24N2O. The van der Waals surface area contributed by atoms with E-state index < -0.39 is 0 Å². The second-order valence-electron chi connectivity index (χ2n) is 5.14. The zero-order valence-corrected chi connectivity index (χ0v) is 12.1. The number of carbonyl (C=O) groups is 1. The number of rotatable bonds is 6. The van der Waals surface area contributed by atoms with Crippen molar-refractivity contribution < 1.29 is 4.79 Å². The van der Waals surface area contributed by atoms with Crippen LogP contribution in [0.2, 0.25) is 0 Å². The van der Waals surface area contributed by atoms with Crippen LogP contribution in [0.5, 0.6) is 0 Å². The van der Waals surface area contributed by atoms with E-state index in [2.05, 4.69) is 17.1 Å². The number of Topliss-reactive ketones (excluding diaryl/α,β-unsaturated/α-hetero) is 1. The van der Waals surface area contributed by atoms with Gasteiger partial charge in [0.25, 0.3) is 0 Å². The first-order chi connectivity index (χ1) is 8.41. The molecule has 1 rings (SSSR count). The molecule has 0 bridgehead atoms. The lowest BCUT2D eigenvalue weighted by atomic mass is 10.0. The number of benzene rings is 1. The molecule has 0 saturated carbocycles. The Hall–Kier alpha value is -1.19. The number of carbonyl (C=O) groups excluding carboxylic acids is 1. The number of ketones is 1. The number of nitrogens with one attached hydrogen (secondary N) is 1. The van der Waals surface area contributed by atoms with Crippen LogP contribution in [0.25, 0.3) is 0 Å². The number of aryl methyl sites for hydroxylation is 2. The van der Waals surface area contributed by atoms with E-state index in [0.29, 0.717) is 0 Å². The molecule has 1 unspecified atom stereocenters. The maximum Gasteiger partial charge on any atom is 0.179 e. The third kappa shape index (κ3) is 4.24. The van der Waals surface area contributed by atoms with E-state index >= 15 is 0 Å². The Morgan fingerprint density at radius 2 is 1.94 bits per heavy atom. The Bertz CT molecular complexity index is 413. The summed E-state index contributed by atoms with van der Waals surface area (Å²) in [4.78, 5) is 14.3. The average Bonchev–Trinajstić information content (AvgIpc) is 2.31. The minimum atomic E-state index is -0.132. The molecule has 1 aromatic rings. The summed E-state index contributed by atoms with van der Waals surface area (Å²) in [6, 6.07) is 5.76. The lowest BCUT2D eigenvalue weighted by Crippen LogP contribution is -2.38. The minimum Gasteiger partial charge on any atom is -0.308 e. The van der Waals surface area contributed by atoms with E-state index in [1.807, 2.05) is 46.1 Å². The van der Waals surface area contributed by atoms with Gasteiger partial charge < -0.3 is 10.2 Å². The SMILES string of the molecule is Cc1ccc(C(=O)C(C)NCCN(C)C)cc1C. The zero-order chi connectivity index (χ0) is 13.7.